The minimum atomic E-state index is -0.198. The summed E-state index contributed by atoms with van der Waals surface area (Å²) in [6.45, 7) is 3.70. The molecule has 1 N–H and O–H groups in total. The predicted molar refractivity (Wildman–Crippen MR) is 91.4 cm³/mol. The van der Waals surface area contributed by atoms with E-state index in [2.05, 4.69) is 28.4 Å². The van der Waals surface area contributed by atoms with Crippen LogP contribution in [0.4, 0.5) is 10.1 Å². The number of nitrogens with zero attached hydrogens (tertiary/aromatic N) is 1. The van der Waals surface area contributed by atoms with Crippen LogP contribution >= 0.6 is 0 Å². The highest BCUT2D eigenvalue weighted by Crippen LogP contribution is 2.31. The van der Waals surface area contributed by atoms with Crippen molar-refractivity contribution in [1.82, 2.24) is 5.32 Å². The number of methoxy groups -OCH3 is 1. The van der Waals surface area contributed by atoms with E-state index < -0.39 is 0 Å². The van der Waals surface area contributed by atoms with Crippen molar-refractivity contribution in [2.75, 3.05) is 25.1 Å². The second kappa shape index (κ2) is 7.47. The molecule has 3 nitrogen and oxygen atoms in total. The van der Waals surface area contributed by atoms with Crippen LogP contribution in [0.25, 0.3) is 0 Å². The highest BCUT2D eigenvalue weighted by atomic mass is 19.1. The lowest BCUT2D eigenvalue weighted by Gasteiger charge is -2.21. The summed E-state index contributed by atoms with van der Waals surface area (Å²) < 4.78 is 18.4. The normalized spacial score (nSPS) is 14.3. The van der Waals surface area contributed by atoms with Gasteiger partial charge >= 0.3 is 0 Å². The molecular weight excluding hydrogens is 291 g/mol. The van der Waals surface area contributed by atoms with E-state index in [1.54, 1.807) is 19.2 Å². The monoisotopic (exact) mass is 314 g/mol. The smallest absolute Gasteiger partial charge is 0.142 e. The van der Waals surface area contributed by atoms with Crippen molar-refractivity contribution in [2.45, 2.75) is 25.9 Å². The molecule has 3 rings (SSSR count). The highest BCUT2D eigenvalue weighted by Gasteiger charge is 2.16. The number of ether oxygens (including phenoxy) is 1. The summed E-state index contributed by atoms with van der Waals surface area (Å²) in [5.41, 5.74) is 3.45. The van der Waals surface area contributed by atoms with E-state index in [1.807, 2.05) is 0 Å². The largest absolute Gasteiger partial charge is 0.495 e. The topological polar surface area (TPSA) is 24.5 Å². The summed E-state index contributed by atoms with van der Waals surface area (Å²) in [7, 11) is 1.73. The molecule has 2 aromatic rings. The Balaban J connectivity index is 1.60. The van der Waals surface area contributed by atoms with E-state index >= 15 is 0 Å². The Hall–Kier alpha value is -2.07. The van der Waals surface area contributed by atoms with Crippen molar-refractivity contribution >= 4 is 5.69 Å². The highest BCUT2D eigenvalue weighted by molar-refractivity contribution is 5.60. The quantitative estimate of drug-likeness (QED) is 0.879. The molecule has 1 aliphatic heterocycles. The Morgan fingerprint density at radius 2 is 1.65 bits per heavy atom. The van der Waals surface area contributed by atoms with Crippen LogP contribution in [0.2, 0.25) is 0 Å². The maximum atomic E-state index is 12.9. The van der Waals surface area contributed by atoms with Gasteiger partial charge in [-0.3, -0.25) is 0 Å². The van der Waals surface area contributed by atoms with E-state index in [0.29, 0.717) is 0 Å². The predicted octanol–water partition coefficient (Wildman–Crippen LogP) is 3.72. The lowest BCUT2D eigenvalue weighted by atomic mass is 10.1. The van der Waals surface area contributed by atoms with Crippen LogP contribution < -0.4 is 15.0 Å². The van der Waals surface area contributed by atoms with Crippen LogP contribution in [0, 0.1) is 5.82 Å². The third-order valence-corrected chi connectivity index (χ3v) is 4.26. The molecule has 1 heterocycles. The SMILES string of the molecule is COc1cc(CNCc2ccc(F)cc2)ccc1N1CCCC1. The zero-order valence-corrected chi connectivity index (χ0v) is 13.5. The molecule has 2 aromatic carbocycles. The second-order valence-corrected chi connectivity index (χ2v) is 5.93. The third-order valence-electron chi connectivity index (χ3n) is 4.26. The van der Waals surface area contributed by atoms with Crippen LogP contribution in [0.1, 0.15) is 24.0 Å². The molecule has 0 aliphatic carbocycles. The Kier molecular flexibility index (Phi) is 5.13. The molecule has 0 atom stereocenters. The van der Waals surface area contributed by atoms with Crippen LogP contribution in [-0.2, 0) is 13.1 Å². The lowest BCUT2D eigenvalue weighted by Crippen LogP contribution is -2.19. The molecule has 4 heteroatoms. The maximum Gasteiger partial charge on any atom is 0.142 e. The van der Waals surface area contributed by atoms with Gasteiger partial charge in [0.1, 0.15) is 11.6 Å². The van der Waals surface area contributed by atoms with Gasteiger partial charge < -0.3 is 15.0 Å². The number of halogens is 1. The Morgan fingerprint density at radius 3 is 2.35 bits per heavy atom. The fourth-order valence-corrected chi connectivity index (χ4v) is 3.00. The summed E-state index contributed by atoms with van der Waals surface area (Å²) in [4.78, 5) is 2.38. The average Bonchev–Trinajstić information content (AvgIpc) is 3.11. The zero-order valence-electron chi connectivity index (χ0n) is 13.5. The standard InChI is InChI=1S/C19H23FN2O/c1-23-19-12-16(6-9-18(19)22-10-2-3-11-22)14-21-13-15-4-7-17(20)8-5-15/h4-9,12,21H,2-3,10-11,13-14H2,1H3. The van der Waals surface area contributed by atoms with Crippen molar-refractivity contribution in [3.05, 3.63) is 59.4 Å². The zero-order chi connectivity index (χ0) is 16.1. The first-order valence-corrected chi connectivity index (χ1v) is 8.13. The molecule has 1 fully saturated rings. The van der Waals surface area contributed by atoms with E-state index in [-0.39, 0.29) is 5.82 Å². The molecule has 0 radical (unpaired) electrons. The van der Waals surface area contributed by atoms with Gasteiger partial charge in [-0.05, 0) is 48.2 Å². The van der Waals surface area contributed by atoms with E-state index in [4.69, 9.17) is 4.74 Å². The Morgan fingerprint density at radius 1 is 1.00 bits per heavy atom. The second-order valence-electron chi connectivity index (χ2n) is 5.93. The molecule has 0 aromatic heterocycles. The third kappa shape index (κ3) is 4.02. The number of rotatable bonds is 6. The lowest BCUT2D eigenvalue weighted by molar-refractivity contribution is 0.414. The first-order valence-electron chi connectivity index (χ1n) is 8.13. The molecule has 0 spiro atoms. The molecular formula is C19H23FN2O. The van der Waals surface area contributed by atoms with Crippen molar-refractivity contribution in [3.63, 3.8) is 0 Å². The molecule has 1 aliphatic rings. The molecule has 0 unspecified atom stereocenters. The number of nitrogens with one attached hydrogen (secondary N) is 1. The van der Waals surface area contributed by atoms with Crippen molar-refractivity contribution < 1.29 is 9.13 Å². The van der Waals surface area contributed by atoms with E-state index in [0.717, 1.165) is 37.5 Å². The van der Waals surface area contributed by atoms with Crippen LogP contribution in [0.3, 0.4) is 0 Å². The van der Waals surface area contributed by atoms with Gasteiger partial charge in [0, 0.05) is 26.2 Å². The molecule has 0 amide bonds. The van der Waals surface area contributed by atoms with Gasteiger partial charge in [0.05, 0.1) is 12.8 Å². The average molecular weight is 314 g/mol. The number of benzene rings is 2. The van der Waals surface area contributed by atoms with Gasteiger partial charge in [0.2, 0.25) is 0 Å². The summed E-state index contributed by atoms with van der Waals surface area (Å²) in [6.07, 6.45) is 2.51. The van der Waals surface area contributed by atoms with Crippen molar-refractivity contribution in [1.29, 1.82) is 0 Å². The minimum absolute atomic E-state index is 0.198. The van der Waals surface area contributed by atoms with Gasteiger partial charge in [0.15, 0.2) is 0 Å². The molecule has 122 valence electrons. The Bertz CT molecular complexity index is 636. The fourth-order valence-electron chi connectivity index (χ4n) is 3.00. The summed E-state index contributed by atoms with van der Waals surface area (Å²) in [6, 6.07) is 13.0. The first-order chi connectivity index (χ1) is 11.3. The molecule has 0 bridgehead atoms. The summed E-state index contributed by atoms with van der Waals surface area (Å²) in [5.74, 6) is 0.740. The fraction of sp³-hybridized carbons (Fsp3) is 0.368. The van der Waals surface area contributed by atoms with Crippen molar-refractivity contribution in [2.24, 2.45) is 0 Å². The van der Waals surface area contributed by atoms with Gasteiger partial charge in [-0.1, -0.05) is 18.2 Å². The maximum absolute atomic E-state index is 12.9. The molecule has 1 saturated heterocycles. The van der Waals surface area contributed by atoms with Crippen molar-refractivity contribution in [3.8, 4) is 5.75 Å². The van der Waals surface area contributed by atoms with Crippen LogP contribution in [0.15, 0.2) is 42.5 Å². The van der Waals surface area contributed by atoms with Crippen LogP contribution in [-0.4, -0.2) is 20.2 Å². The molecule has 0 saturated carbocycles. The molecule has 23 heavy (non-hydrogen) atoms. The van der Waals surface area contributed by atoms with Crippen LogP contribution in [0.5, 0.6) is 5.75 Å². The van der Waals surface area contributed by atoms with Gasteiger partial charge in [-0.25, -0.2) is 4.39 Å². The Labute approximate surface area is 137 Å². The van der Waals surface area contributed by atoms with Gasteiger partial charge in [0.25, 0.3) is 0 Å². The first kappa shape index (κ1) is 15.8. The van der Waals surface area contributed by atoms with Gasteiger partial charge in [-0.2, -0.15) is 0 Å². The number of hydrogen-bond donors (Lipinski definition) is 1. The van der Waals surface area contributed by atoms with E-state index in [1.165, 1.54) is 36.2 Å². The summed E-state index contributed by atoms with van der Waals surface area (Å²) >= 11 is 0. The summed E-state index contributed by atoms with van der Waals surface area (Å²) in [5, 5.41) is 3.39. The number of hydrogen-bond acceptors (Lipinski definition) is 3. The van der Waals surface area contributed by atoms with E-state index in [9.17, 15) is 4.39 Å². The minimum Gasteiger partial charge on any atom is -0.495 e. The van der Waals surface area contributed by atoms with Gasteiger partial charge in [-0.15, -0.1) is 0 Å². The number of anilines is 1.